The van der Waals surface area contributed by atoms with E-state index in [4.69, 9.17) is 18.7 Å². The Morgan fingerprint density at radius 2 is 1.70 bits per heavy atom. The van der Waals surface area contributed by atoms with Crippen molar-refractivity contribution < 1.29 is 28.7 Å². The second kappa shape index (κ2) is 11.0. The number of hydrogen-bond acceptors (Lipinski definition) is 8. The van der Waals surface area contributed by atoms with Gasteiger partial charge in [0.15, 0.2) is 23.9 Å². The van der Waals surface area contributed by atoms with Crippen molar-refractivity contribution in [1.29, 1.82) is 0 Å². The number of anilines is 1. The van der Waals surface area contributed by atoms with E-state index in [2.05, 4.69) is 21.1 Å². The molecule has 1 aromatic heterocycles. The summed E-state index contributed by atoms with van der Waals surface area (Å²) >= 11 is 0. The van der Waals surface area contributed by atoms with E-state index in [1.54, 1.807) is 14.0 Å². The number of rotatable bonds is 10. The van der Waals surface area contributed by atoms with Gasteiger partial charge in [0.25, 0.3) is 5.89 Å². The van der Waals surface area contributed by atoms with Crippen molar-refractivity contribution in [3.8, 4) is 17.2 Å². The van der Waals surface area contributed by atoms with Gasteiger partial charge in [-0.05, 0) is 31.2 Å². The Labute approximate surface area is 193 Å². The summed E-state index contributed by atoms with van der Waals surface area (Å²) in [5.74, 6) is 3.00. The average Bonchev–Trinajstić information content (AvgIpc) is 3.27. The SMILES string of the molecule is COc1ccccc1N1CC[NH+](C[C@@H](O)COc2ccccc2OCc2nc(C)no2)CC1. The van der Waals surface area contributed by atoms with Gasteiger partial charge in [-0.2, -0.15) is 4.98 Å². The number of piperazine rings is 1. The van der Waals surface area contributed by atoms with Crippen LogP contribution in [0.1, 0.15) is 11.7 Å². The van der Waals surface area contributed by atoms with Crippen molar-refractivity contribution >= 4 is 5.69 Å². The summed E-state index contributed by atoms with van der Waals surface area (Å²) in [7, 11) is 1.70. The molecule has 9 heteroatoms. The van der Waals surface area contributed by atoms with E-state index in [0.29, 0.717) is 29.8 Å². The third-order valence-electron chi connectivity index (χ3n) is 5.62. The van der Waals surface area contributed by atoms with Crippen molar-refractivity contribution in [2.45, 2.75) is 19.6 Å². The maximum absolute atomic E-state index is 10.6. The number of aliphatic hydroxyl groups is 1. The minimum atomic E-state index is -0.579. The molecule has 0 spiro atoms. The molecular formula is C24H31N4O5+. The van der Waals surface area contributed by atoms with Gasteiger partial charge < -0.3 is 33.6 Å². The van der Waals surface area contributed by atoms with Crippen LogP contribution in [0.5, 0.6) is 17.2 Å². The van der Waals surface area contributed by atoms with E-state index < -0.39 is 6.10 Å². The number of quaternary nitrogens is 1. The standard InChI is InChI=1S/C24H30N4O5/c1-18-25-24(33-26-18)17-32-23-10-6-5-9-22(23)31-16-19(29)15-27-11-13-28(14-12-27)20-7-3-4-8-21(20)30-2/h3-10,19,29H,11-17H2,1-2H3/p+1/t19-/m1/s1. The summed E-state index contributed by atoms with van der Waals surface area (Å²) in [6.07, 6.45) is -0.579. The topological polar surface area (TPSA) is 94.5 Å². The second-order valence-electron chi connectivity index (χ2n) is 8.05. The summed E-state index contributed by atoms with van der Waals surface area (Å²) in [6.45, 7) is 6.45. The van der Waals surface area contributed by atoms with Crippen LogP contribution >= 0.6 is 0 Å². The monoisotopic (exact) mass is 455 g/mol. The van der Waals surface area contributed by atoms with Crippen LogP contribution in [-0.2, 0) is 6.61 Å². The van der Waals surface area contributed by atoms with Gasteiger partial charge in [0.05, 0.1) is 39.0 Å². The Morgan fingerprint density at radius 1 is 1.03 bits per heavy atom. The molecule has 2 aromatic carbocycles. The molecule has 2 heterocycles. The molecule has 0 amide bonds. The lowest BCUT2D eigenvalue weighted by atomic mass is 10.2. The molecule has 0 radical (unpaired) electrons. The van der Waals surface area contributed by atoms with E-state index in [9.17, 15) is 5.11 Å². The van der Waals surface area contributed by atoms with Gasteiger partial charge in [-0.15, -0.1) is 0 Å². The summed E-state index contributed by atoms with van der Waals surface area (Å²) in [5, 5.41) is 14.3. The molecule has 4 rings (SSSR count). The van der Waals surface area contributed by atoms with Gasteiger partial charge in [-0.1, -0.05) is 29.4 Å². The average molecular weight is 456 g/mol. The molecule has 176 valence electrons. The highest BCUT2D eigenvalue weighted by Crippen LogP contribution is 2.28. The van der Waals surface area contributed by atoms with E-state index in [-0.39, 0.29) is 13.2 Å². The van der Waals surface area contributed by atoms with E-state index in [1.165, 1.54) is 4.90 Å². The Balaban J connectivity index is 1.23. The molecule has 33 heavy (non-hydrogen) atoms. The molecule has 1 atom stereocenters. The number of benzene rings is 2. The quantitative estimate of drug-likeness (QED) is 0.470. The van der Waals surface area contributed by atoms with Crippen LogP contribution in [0.2, 0.25) is 0 Å². The number of nitrogens with zero attached hydrogens (tertiary/aromatic N) is 3. The molecule has 1 aliphatic rings. The number of nitrogens with one attached hydrogen (secondary N) is 1. The Morgan fingerprint density at radius 3 is 2.36 bits per heavy atom. The lowest BCUT2D eigenvalue weighted by Gasteiger charge is -2.35. The van der Waals surface area contributed by atoms with Gasteiger partial charge in [0.1, 0.15) is 25.0 Å². The fraction of sp³-hybridized carbons (Fsp3) is 0.417. The molecule has 1 saturated heterocycles. The van der Waals surface area contributed by atoms with Gasteiger partial charge >= 0.3 is 0 Å². The van der Waals surface area contributed by atoms with Crippen molar-refractivity contribution in [2.24, 2.45) is 0 Å². The maximum atomic E-state index is 10.6. The number of aliphatic hydroxyl groups excluding tert-OH is 1. The lowest BCUT2D eigenvalue weighted by molar-refractivity contribution is -0.903. The first-order chi connectivity index (χ1) is 16.1. The molecule has 2 N–H and O–H groups in total. The van der Waals surface area contributed by atoms with Gasteiger partial charge in [0.2, 0.25) is 0 Å². The summed E-state index contributed by atoms with van der Waals surface area (Å²) < 4.78 is 22.2. The summed E-state index contributed by atoms with van der Waals surface area (Å²) in [4.78, 5) is 7.82. The van der Waals surface area contributed by atoms with Crippen LogP contribution in [-0.4, -0.2) is 67.8 Å². The van der Waals surface area contributed by atoms with Gasteiger partial charge in [-0.3, -0.25) is 0 Å². The number of aryl methyl sites for hydroxylation is 1. The van der Waals surface area contributed by atoms with Crippen molar-refractivity contribution in [2.75, 3.05) is 51.3 Å². The normalized spacial score (nSPS) is 15.3. The van der Waals surface area contributed by atoms with Gasteiger partial charge in [-0.25, -0.2) is 0 Å². The largest absolute Gasteiger partial charge is 0.495 e. The molecule has 9 nitrogen and oxygen atoms in total. The van der Waals surface area contributed by atoms with Crippen molar-refractivity contribution in [3.05, 3.63) is 60.2 Å². The minimum absolute atomic E-state index is 0.157. The van der Waals surface area contributed by atoms with Crippen LogP contribution in [0.3, 0.4) is 0 Å². The van der Waals surface area contributed by atoms with Crippen molar-refractivity contribution in [3.63, 3.8) is 0 Å². The highest BCUT2D eigenvalue weighted by atomic mass is 16.5. The third kappa shape index (κ3) is 6.15. The minimum Gasteiger partial charge on any atom is -0.495 e. The summed E-state index contributed by atoms with van der Waals surface area (Å²) in [5.41, 5.74) is 1.12. The van der Waals surface area contributed by atoms with Gasteiger partial charge in [0, 0.05) is 0 Å². The van der Waals surface area contributed by atoms with Crippen LogP contribution < -0.4 is 24.0 Å². The highest BCUT2D eigenvalue weighted by Gasteiger charge is 2.24. The lowest BCUT2D eigenvalue weighted by Crippen LogP contribution is -3.16. The van der Waals surface area contributed by atoms with Crippen LogP contribution in [0.25, 0.3) is 0 Å². The fourth-order valence-corrected chi connectivity index (χ4v) is 3.96. The molecular weight excluding hydrogens is 424 g/mol. The maximum Gasteiger partial charge on any atom is 0.264 e. The molecule has 1 aliphatic heterocycles. The third-order valence-corrected chi connectivity index (χ3v) is 5.62. The predicted octanol–water partition coefficient (Wildman–Crippen LogP) is 1.11. The number of aromatic nitrogens is 2. The molecule has 0 bridgehead atoms. The second-order valence-corrected chi connectivity index (χ2v) is 8.05. The molecule has 0 saturated carbocycles. The number of hydrogen-bond donors (Lipinski definition) is 2. The Bertz CT molecular complexity index is 1020. The van der Waals surface area contributed by atoms with E-state index in [1.807, 2.05) is 42.5 Å². The first-order valence-electron chi connectivity index (χ1n) is 11.2. The zero-order chi connectivity index (χ0) is 23.0. The zero-order valence-corrected chi connectivity index (χ0v) is 19.1. The number of methoxy groups -OCH3 is 1. The first kappa shape index (κ1) is 22.9. The smallest absolute Gasteiger partial charge is 0.264 e. The number of para-hydroxylation sites is 4. The Kier molecular flexibility index (Phi) is 7.64. The first-order valence-corrected chi connectivity index (χ1v) is 11.2. The Hall–Kier alpha value is -3.30. The molecule has 1 fully saturated rings. The van der Waals surface area contributed by atoms with Crippen LogP contribution in [0, 0.1) is 6.92 Å². The van der Waals surface area contributed by atoms with Crippen LogP contribution in [0.4, 0.5) is 5.69 Å². The fourth-order valence-electron chi connectivity index (χ4n) is 3.96. The summed E-state index contributed by atoms with van der Waals surface area (Å²) in [6, 6.07) is 15.5. The van der Waals surface area contributed by atoms with E-state index in [0.717, 1.165) is 37.6 Å². The number of ether oxygens (including phenoxy) is 3. The molecule has 0 unspecified atom stereocenters. The highest BCUT2D eigenvalue weighted by molar-refractivity contribution is 5.58. The van der Waals surface area contributed by atoms with Crippen LogP contribution in [0.15, 0.2) is 53.1 Å². The molecule has 3 aromatic rings. The van der Waals surface area contributed by atoms with E-state index >= 15 is 0 Å². The molecule has 0 aliphatic carbocycles. The predicted molar refractivity (Wildman–Crippen MR) is 122 cm³/mol. The van der Waals surface area contributed by atoms with Crippen molar-refractivity contribution in [1.82, 2.24) is 10.1 Å². The zero-order valence-electron chi connectivity index (χ0n) is 19.1.